The highest BCUT2D eigenvalue weighted by molar-refractivity contribution is 5.62. The van der Waals surface area contributed by atoms with Gasteiger partial charge >= 0.3 is 0 Å². The Hall–Kier alpha value is -1.69. The number of hydrogen-bond acceptors (Lipinski definition) is 5. The summed E-state index contributed by atoms with van der Waals surface area (Å²) in [6.07, 6.45) is 9.53. The molecular formula is C13H20N6. The maximum Gasteiger partial charge on any atom is 0.203 e. The molecule has 0 unspecified atom stereocenters. The van der Waals surface area contributed by atoms with Gasteiger partial charge in [-0.2, -0.15) is 0 Å². The summed E-state index contributed by atoms with van der Waals surface area (Å²) >= 11 is 0. The zero-order chi connectivity index (χ0) is 13.3. The lowest BCUT2D eigenvalue weighted by Gasteiger charge is -2.33. The predicted molar refractivity (Wildman–Crippen MR) is 74.0 cm³/mol. The Labute approximate surface area is 112 Å². The summed E-state index contributed by atoms with van der Waals surface area (Å²) < 4.78 is 1.93. The van der Waals surface area contributed by atoms with Crippen molar-refractivity contribution in [2.45, 2.75) is 44.6 Å². The molecule has 1 saturated carbocycles. The van der Waals surface area contributed by atoms with Gasteiger partial charge in [-0.1, -0.05) is 19.3 Å². The van der Waals surface area contributed by atoms with Crippen LogP contribution in [-0.4, -0.2) is 31.7 Å². The first kappa shape index (κ1) is 12.3. The van der Waals surface area contributed by atoms with E-state index in [1.807, 2.05) is 17.5 Å². The molecule has 0 aromatic carbocycles. The Bertz CT molecular complexity index is 570. The molecule has 3 rings (SSSR count). The number of hydrogen-bond donors (Lipinski definition) is 2. The van der Waals surface area contributed by atoms with Crippen molar-refractivity contribution in [3.05, 3.63) is 18.2 Å². The number of nitrogens with zero attached hydrogens (tertiary/aromatic N) is 4. The molecule has 102 valence electrons. The van der Waals surface area contributed by atoms with E-state index in [4.69, 9.17) is 5.73 Å². The van der Waals surface area contributed by atoms with E-state index in [1.54, 1.807) is 6.20 Å². The molecule has 1 aliphatic carbocycles. The van der Waals surface area contributed by atoms with E-state index in [-0.39, 0.29) is 5.54 Å². The average Bonchev–Trinajstić information content (AvgIpc) is 2.80. The van der Waals surface area contributed by atoms with E-state index in [1.165, 1.54) is 19.3 Å². The van der Waals surface area contributed by atoms with E-state index in [2.05, 4.69) is 20.5 Å². The molecule has 2 aromatic rings. The van der Waals surface area contributed by atoms with Gasteiger partial charge in [-0.15, -0.1) is 10.2 Å². The Morgan fingerprint density at radius 2 is 2.11 bits per heavy atom. The molecule has 3 N–H and O–H groups in total. The fraction of sp³-hybridized carbons (Fsp3) is 0.615. The van der Waals surface area contributed by atoms with E-state index in [0.717, 1.165) is 36.7 Å². The maximum absolute atomic E-state index is 6.42. The fourth-order valence-electron chi connectivity index (χ4n) is 2.76. The number of anilines is 1. The van der Waals surface area contributed by atoms with Crippen molar-refractivity contribution < 1.29 is 0 Å². The second-order valence-corrected chi connectivity index (χ2v) is 5.49. The maximum atomic E-state index is 6.42. The van der Waals surface area contributed by atoms with Crippen LogP contribution < -0.4 is 11.1 Å². The molecule has 0 atom stereocenters. The number of nitrogens with one attached hydrogen (secondary N) is 1. The minimum absolute atomic E-state index is 0.109. The van der Waals surface area contributed by atoms with E-state index >= 15 is 0 Å². The van der Waals surface area contributed by atoms with Crippen LogP contribution in [0.5, 0.6) is 0 Å². The van der Waals surface area contributed by atoms with Crippen molar-refractivity contribution >= 4 is 11.5 Å². The summed E-state index contributed by atoms with van der Waals surface area (Å²) in [5.41, 5.74) is 7.08. The van der Waals surface area contributed by atoms with Crippen molar-refractivity contribution in [2.75, 3.05) is 11.9 Å². The molecular weight excluding hydrogens is 240 g/mol. The molecule has 0 radical (unpaired) electrons. The van der Waals surface area contributed by atoms with Crippen LogP contribution in [0.15, 0.2) is 12.4 Å². The van der Waals surface area contributed by atoms with E-state index < -0.39 is 0 Å². The molecule has 0 bridgehead atoms. The number of fused-ring (bicyclic) bond motifs is 1. The minimum Gasteiger partial charge on any atom is -0.365 e. The smallest absolute Gasteiger partial charge is 0.203 e. The zero-order valence-electron chi connectivity index (χ0n) is 11.3. The van der Waals surface area contributed by atoms with Crippen LogP contribution in [0.2, 0.25) is 0 Å². The van der Waals surface area contributed by atoms with Gasteiger partial charge in [0.2, 0.25) is 5.65 Å². The fourth-order valence-corrected chi connectivity index (χ4v) is 2.76. The summed E-state index contributed by atoms with van der Waals surface area (Å²) in [5.74, 6) is 1.62. The lowest BCUT2D eigenvalue weighted by atomic mass is 9.82. The highest BCUT2D eigenvalue weighted by Crippen LogP contribution is 2.26. The van der Waals surface area contributed by atoms with Crippen LogP contribution >= 0.6 is 0 Å². The van der Waals surface area contributed by atoms with Gasteiger partial charge in [0, 0.05) is 24.5 Å². The minimum atomic E-state index is -0.109. The SMILES string of the molecule is Cc1nnc2c(NCC3(N)CCCCC3)nccn12. The van der Waals surface area contributed by atoms with Crippen molar-refractivity contribution in [1.82, 2.24) is 19.6 Å². The van der Waals surface area contributed by atoms with Gasteiger partial charge in [0.1, 0.15) is 5.82 Å². The van der Waals surface area contributed by atoms with E-state index in [0.29, 0.717) is 0 Å². The van der Waals surface area contributed by atoms with E-state index in [9.17, 15) is 0 Å². The van der Waals surface area contributed by atoms with Gasteiger partial charge in [-0.3, -0.25) is 4.40 Å². The Morgan fingerprint density at radius 3 is 2.89 bits per heavy atom. The van der Waals surface area contributed by atoms with Crippen LogP contribution in [-0.2, 0) is 0 Å². The highest BCUT2D eigenvalue weighted by atomic mass is 15.3. The van der Waals surface area contributed by atoms with Crippen LogP contribution in [0.25, 0.3) is 5.65 Å². The lowest BCUT2D eigenvalue weighted by Crippen LogP contribution is -2.47. The molecule has 0 amide bonds. The van der Waals surface area contributed by atoms with Crippen molar-refractivity contribution in [3.8, 4) is 0 Å². The van der Waals surface area contributed by atoms with Crippen LogP contribution in [0.1, 0.15) is 37.9 Å². The average molecular weight is 260 g/mol. The molecule has 6 nitrogen and oxygen atoms in total. The summed E-state index contributed by atoms with van der Waals surface area (Å²) in [6, 6.07) is 0. The largest absolute Gasteiger partial charge is 0.365 e. The van der Waals surface area contributed by atoms with Gasteiger partial charge in [0.25, 0.3) is 0 Å². The lowest BCUT2D eigenvalue weighted by molar-refractivity contribution is 0.311. The number of aryl methyl sites for hydroxylation is 1. The monoisotopic (exact) mass is 260 g/mol. The molecule has 6 heteroatoms. The Balaban J connectivity index is 1.78. The summed E-state index contributed by atoms with van der Waals surface area (Å²) in [5, 5.41) is 11.6. The Morgan fingerprint density at radius 1 is 1.32 bits per heavy atom. The topological polar surface area (TPSA) is 81.1 Å². The standard InChI is InChI=1S/C13H20N6/c1-10-17-18-12-11(15-7-8-19(10)12)16-9-13(14)5-3-2-4-6-13/h7-8H,2-6,9,14H2,1H3,(H,15,16). The first-order valence-corrected chi connectivity index (χ1v) is 6.87. The zero-order valence-corrected chi connectivity index (χ0v) is 11.3. The van der Waals surface area contributed by atoms with Crippen LogP contribution in [0.4, 0.5) is 5.82 Å². The van der Waals surface area contributed by atoms with Crippen LogP contribution in [0.3, 0.4) is 0 Å². The quantitative estimate of drug-likeness (QED) is 0.874. The van der Waals surface area contributed by atoms with Crippen LogP contribution in [0, 0.1) is 6.92 Å². The molecule has 2 heterocycles. The first-order valence-electron chi connectivity index (χ1n) is 6.87. The number of aromatic nitrogens is 4. The summed E-state index contributed by atoms with van der Waals surface area (Å²) in [7, 11) is 0. The number of nitrogens with two attached hydrogens (primary N) is 1. The van der Waals surface area contributed by atoms with Gasteiger partial charge in [0.05, 0.1) is 0 Å². The highest BCUT2D eigenvalue weighted by Gasteiger charge is 2.27. The first-order chi connectivity index (χ1) is 9.18. The van der Waals surface area contributed by atoms with Crippen molar-refractivity contribution in [1.29, 1.82) is 0 Å². The summed E-state index contributed by atoms with van der Waals surface area (Å²) in [4.78, 5) is 4.35. The molecule has 0 spiro atoms. The molecule has 1 fully saturated rings. The predicted octanol–water partition coefficient (Wildman–Crippen LogP) is 1.51. The molecule has 2 aromatic heterocycles. The Kier molecular flexibility index (Phi) is 3.10. The second kappa shape index (κ2) is 4.77. The van der Waals surface area contributed by atoms with Gasteiger partial charge in [0.15, 0.2) is 5.82 Å². The molecule has 0 saturated heterocycles. The second-order valence-electron chi connectivity index (χ2n) is 5.49. The van der Waals surface area contributed by atoms with Gasteiger partial charge < -0.3 is 11.1 Å². The number of rotatable bonds is 3. The normalized spacial score (nSPS) is 18.6. The molecule has 1 aliphatic rings. The third-order valence-corrected chi connectivity index (χ3v) is 3.95. The third-order valence-electron chi connectivity index (χ3n) is 3.95. The summed E-state index contributed by atoms with van der Waals surface area (Å²) in [6.45, 7) is 2.67. The van der Waals surface area contributed by atoms with Gasteiger partial charge in [-0.05, 0) is 19.8 Å². The van der Waals surface area contributed by atoms with Gasteiger partial charge in [-0.25, -0.2) is 4.98 Å². The van der Waals surface area contributed by atoms with Crippen molar-refractivity contribution in [3.63, 3.8) is 0 Å². The van der Waals surface area contributed by atoms with Crippen molar-refractivity contribution in [2.24, 2.45) is 5.73 Å². The molecule has 0 aliphatic heterocycles. The third kappa shape index (κ3) is 2.40. The molecule has 19 heavy (non-hydrogen) atoms.